The monoisotopic (exact) mass is 209 g/mol. The molecule has 0 amide bonds. The van der Waals surface area contributed by atoms with Crippen LogP contribution < -0.4 is 5.32 Å². The van der Waals surface area contributed by atoms with Crippen molar-refractivity contribution in [3.05, 3.63) is 35.9 Å². The van der Waals surface area contributed by atoms with Crippen LogP contribution in [0.25, 0.3) is 0 Å². The minimum Gasteiger partial charge on any atom is -0.316 e. The van der Waals surface area contributed by atoms with E-state index in [1.807, 2.05) is 11.8 Å². The summed E-state index contributed by atoms with van der Waals surface area (Å²) in [4.78, 5) is 0. The summed E-state index contributed by atoms with van der Waals surface area (Å²) < 4.78 is 0. The summed E-state index contributed by atoms with van der Waals surface area (Å²) >= 11 is 1.92. The van der Waals surface area contributed by atoms with E-state index in [1.54, 1.807) is 0 Å². The van der Waals surface area contributed by atoms with Gasteiger partial charge in [0.25, 0.3) is 0 Å². The van der Waals surface area contributed by atoms with E-state index in [2.05, 4.69) is 41.9 Å². The van der Waals surface area contributed by atoms with Crippen LogP contribution in [-0.2, 0) is 6.42 Å². The Balaban J connectivity index is 1.99. The van der Waals surface area contributed by atoms with Crippen LogP contribution in [-0.4, -0.2) is 25.1 Å². The van der Waals surface area contributed by atoms with Gasteiger partial charge < -0.3 is 5.32 Å². The highest BCUT2D eigenvalue weighted by atomic mass is 32.2. The van der Waals surface area contributed by atoms with Gasteiger partial charge in [0.1, 0.15) is 0 Å². The van der Waals surface area contributed by atoms with Crippen molar-refractivity contribution < 1.29 is 0 Å². The molecule has 78 valence electrons. The Morgan fingerprint density at radius 2 is 1.93 bits per heavy atom. The highest BCUT2D eigenvalue weighted by molar-refractivity contribution is 7.98. The summed E-state index contributed by atoms with van der Waals surface area (Å²) in [6, 6.07) is 10.6. The first kappa shape index (κ1) is 11.6. The van der Waals surface area contributed by atoms with Gasteiger partial charge in [-0.2, -0.15) is 11.8 Å². The molecule has 0 atom stereocenters. The van der Waals surface area contributed by atoms with Crippen LogP contribution >= 0.6 is 11.8 Å². The fourth-order valence-electron chi connectivity index (χ4n) is 1.34. The van der Waals surface area contributed by atoms with E-state index >= 15 is 0 Å². The normalized spacial score (nSPS) is 10.4. The van der Waals surface area contributed by atoms with Crippen molar-refractivity contribution in [2.45, 2.75) is 12.8 Å². The Kier molecular flexibility index (Phi) is 6.54. The zero-order valence-corrected chi connectivity index (χ0v) is 9.65. The van der Waals surface area contributed by atoms with Gasteiger partial charge in [-0.3, -0.25) is 0 Å². The summed E-state index contributed by atoms with van der Waals surface area (Å²) in [7, 11) is 0. The minimum absolute atomic E-state index is 1.10. The highest BCUT2D eigenvalue weighted by Crippen LogP contribution is 1.98. The maximum Gasteiger partial charge on any atom is -0.000835 e. The van der Waals surface area contributed by atoms with E-state index in [1.165, 1.54) is 17.7 Å². The van der Waals surface area contributed by atoms with Gasteiger partial charge in [0.05, 0.1) is 0 Å². The van der Waals surface area contributed by atoms with Crippen LogP contribution in [0.1, 0.15) is 12.0 Å². The molecule has 0 fully saturated rings. The van der Waals surface area contributed by atoms with Crippen molar-refractivity contribution in [3.63, 3.8) is 0 Å². The second-order valence-electron chi connectivity index (χ2n) is 3.33. The number of thioether (sulfide) groups is 1. The predicted molar refractivity (Wildman–Crippen MR) is 66.0 cm³/mol. The Morgan fingerprint density at radius 1 is 1.14 bits per heavy atom. The highest BCUT2D eigenvalue weighted by Gasteiger charge is 1.90. The molecule has 1 aromatic carbocycles. The van der Waals surface area contributed by atoms with Crippen molar-refractivity contribution in [1.82, 2.24) is 5.32 Å². The maximum atomic E-state index is 3.46. The van der Waals surface area contributed by atoms with Gasteiger partial charge in [0.2, 0.25) is 0 Å². The van der Waals surface area contributed by atoms with Gasteiger partial charge in [-0.1, -0.05) is 30.3 Å². The lowest BCUT2D eigenvalue weighted by Crippen LogP contribution is -2.18. The smallest absolute Gasteiger partial charge is 0.000835 e. The van der Waals surface area contributed by atoms with Gasteiger partial charge in [-0.05, 0) is 43.5 Å². The molecule has 0 radical (unpaired) electrons. The maximum absolute atomic E-state index is 3.46. The van der Waals surface area contributed by atoms with Gasteiger partial charge in [0, 0.05) is 0 Å². The number of benzene rings is 1. The van der Waals surface area contributed by atoms with Crippen molar-refractivity contribution in [1.29, 1.82) is 0 Å². The standard InChI is InChI=1S/C12H19NS/c1-14-11-5-9-13-10-8-12-6-3-2-4-7-12/h2-4,6-7,13H,5,8-11H2,1H3. The minimum atomic E-state index is 1.10. The van der Waals surface area contributed by atoms with Crippen LogP contribution in [0, 0.1) is 0 Å². The first-order valence-corrected chi connectivity index (χ1v) is 6.56. The third kappa shape index (κ3) is 5.30. The fraction of sp³-hybridized carbons (Fsp3) is 0.500. The van der Waals surface area contributed by atoms with Crippen LogP contribution in [0.5, 0.6) is 0 Å². The van der Waals surface area contributed by atoms with Gasteiger partial charge >= 0.3 is 0 Å². The molecule has 0 aliphatic carbocycles. The van der Waals surface area contributed by atoms with E-state index < -0.39 is 0 Å². The van der Waals surface area contributed by atoms with Crippen molar-refractivity contribution in [3.8, 4) is 0 Å². The van der Waals surface area contributed by atoms with E-state index in [9.17, 15) is 0 Å². The first-order chi connectivity index (χ1) is 6.93. The molecule has 1 N–H and O–H groups in total. The number of nitrogens with one attached hydrogen (secondary N) is 1. The molecular weight excluding hydrogens is 190 g/mol. The van der Waals surface area contributed by atoms with Crippen LogP contribution in [0.2, 0.25) is 0 Å². The summed E-state index contributed by atoms with van der Waals surface area (Å²) in [6.45, 7) is 2.24. The first-order valence-electron chi connectivity index (χ1n) is 5.17. The topological polar surface area (TPSA) is 12.0 Å². The Morgan fingerprint density at radius 3 is 2.64 bits per heavy atom. The van der Waals surface area contributed by atoms with E-state index in [4.69, 9.17) is 0 Å². The molecule has 1 aromatic rings. The summed E-state index contributed by atoms with van der Waals surface area (Å²) in [5.74, 6) is 1.26. The van der Waals surface area contributed by atoms with E-state index in [0.29, 0.717) is 0 Å². The lowest BCUT2D eigenvalue weighted by molar-refractivity contribution is 0.674. The fourth-order valence-corrected chi connectivity index (χ4v) is 1.78. The third-order valence-corrected chi connectivity index (χ3v) is 2.83. The summed E-state index contributed by atoms with van der Waals surface area (Å²) in [5.41, 5.74) is 1.42. The van der Waals surface area contributed by atoms with Crippen molar-refractivity contribution in [2.24, 2.45) is 0 Å². The predicted octanol–water partition coefficient (Wildman–Crippen LogP) is 2.57. The molecular formula is C12H19NS. The number of hydrogen-bond acceptors (Lipinski definition) is 2. The molecule has 0 aliphatic heterocycles. The second-order valence-corrected chi connectivity index (χ2v) is 4.32. The molecule has 0 aliphatic rings. The largest absolute Gasteiger partial charge is 0.316 e. The van der Waals surface area contributed by atoms with Gasteiger partial charge in [-0.25, -0.2) is 0 Å². The van der Waals surface area contributed by atoms with Crippen molar-refractivity contribution >= 4 is 11.8 Å². The van der Waals surface area contributed by atoms with Crippen molar-refractivity contribution in [2.75, 3.05) is 25.1 Å². The molecule has 0 saturated carbocycles. The molecule has 0 aromatic heterocycles. The van der Waals surface area contributed by atoms with Crippen LogP contribution in [0.3, 0.4) is 0 Å². The SMILES string of the molecule is CSCCCNCCc1ccccc1. The molecule has 0 saturated heterocycles. The third-order valence-electron chi connectivity index (χ3n) is 2.14. The van der Waals surface area contributed by atoms with Crippen LogP contribution in [0.4, 0.5) is 0 Å². The number of hydrogen-bond donors (Lipinski definition) is 1. The summed E-state index contributed by atoms with van der Waals surface area (Å²) in [5, 5.41) is 3.46. The van der Waals surface area contributed by atoms with Gasteiger partial charge in [0.15, 0.2) is 0 Å². The Labute approximate surface area is 91.3 Å². The number of rotatable bonds is 7. The average molecular weight is 209 g/mol. The quantitative estimate of drug-likeness (QED) is 0.693. The molecule has 2 heteroatoms. The van der Waals surface area contributed by atoms with Crippen LogP contribution in [0.15, 0.2) is 30.3 Å². The Hall–Kier alpha value is -0.470. The molecule has 14 heavy (non-hydrogen) atoms. The molecule has 1 rings (SSSR count). The lowest BCUT2D eigenvalue weighted by Gasteiger charge is -2.03. The molecule has 0 spiro atoms. The molecule has 0 heterocycles. The van der Waals surface area contributed by atoms with Gasteiger partial charge in [-0.15, -0.1) is 0 Å². The van der Waals surface area contributed by atoms with E-state index in [-0.39, 0.29) is 0 Å². The molecule has 0 bridgehead atoms. The average Bonchev–Trinajstić information content (AvgIpc) is 2.25. The second kappa shape index (κ2) is 7.89. The lowest BCUT2D eigenvalue weighted by atomic mass is 10.1. The zero-order valence-electron chi connectivity index (χ0n) is 8.83. The molecule has 1 nitrogen and oxygen atoms in total. The zero-order chi connectivity index (χ0) is 10.1. The summed E-state index contributed by atoms with van der Waals surface area (Å²) in [6.07, 6.45) is 4.57. The Bertz CT molecular complexity index is 223. The molecule has 0 unspecified atom stereocenters. The van der Waals surface area contributed by atoms with E-state index in [0.717, 1.165) is 19.5 Å².